The number of amides is 1. The minimum Gasteiger partial charge on any atom is -0.495 e. The molecule has 6 nitrogen and oxygen atoms in total. The number of rotatable bonds is 4. The van der Waals surface area contributed by atoms with Crippen LogP contribution < -0.4 is 4.74 Å². The van der Waals surface area contributed by atoms with Gasteiger partial charge in [0, 0.05) is 6.54 Å². The molecule has 0 spiro atoms. The second-order valence-corrected chi connectivity index (χ2v) is 4.72. The van der Waals surface area contributed by atoms with E-state index in [0.717, 1.165) is 0 Å². The Morgan fingerprint density at radius 2 is 2.38 bits per heavy atom. The Morgan fingerprint density at radius 3 is 2.95 bits per heavy atom. The van der Waals surface area contributed by atoms with E-state index < -0.39 is 11.9 Å². The van der Waals surface area contributed by atoms with Crippen LogP contribution in [0.2, 0.25) is 0 Å². The van der Waals surface area contributed by atoms with E-state index in [9.17, 15) is 9.18 Å². The number of nitrogens with zero attached hydrogens (tertiary/aromatic N) is 2. The summed E-state index contributed by atoms with van der Waals surface area (Å²) in [5, 5.41) is 17.7. The predicted molar refractivity (Wildman–Crippen MR) is 70.5 cm³/mol. The Hall–Kier alpha value is -2.33. The van der Waals surface area contributed by atoms with E-state index in [4.69, 9.17) is 19.8 Å². The van der Waals surface area contributed by atoms with Crippen molar-refractivity contribution in [1.82, 2.24) is 4.90 Å². The molecule has 7 heteroatoms. The summed E-state index contributed by atoms with van der Waals surface area (Å²) in [6.07, 6.45) is -0.555. The van der Waals surface area contributed by atoms with Gasteiger partial charge in [-0.1, -0.05) is 0 Å². The Balaban J connectivity index is 2.00. The quantitative estimate of drug-likeness (QED) is 0.918. The van der Waals surface area contributed by atoms with Crippen LogP contribution in [0.1, 0.15) is 17.5 Å². The van der Waals surface area contributed by atoms with Gasteiger partial charge in [0.1, 0.15) is 23.2 Å². The Labute approximate surface area is 121 Å². The number of halogens is 1. The second kappa shape index (κ2) is 6.41. The summed E-state index contributed by atoms with van der Waals surface area (Å²) in [5.74, 6) is -0.497. The van der Waals surface area contributed by atoms with Crippen LogP contribution in [0.3, 0.4) is 0 Å². The average molecular weight is 294 g/mol. The molecule has 0 bridgehead atoms. The monoisotopic (exact) mass is 294 g/mol. The van der Waals surface area contributed by atoms with Crippen molar-refractivity contribution in [2.45, 2.75) is 19.1 Å². The first-order valence-corrected chi connectivity index (χ1v) is 6.41. The van der Waals surface area contributed by atoms with E-state index >= 15 is 0 Å². The van der Waals surface area contributed by atoms with E-state index in [1.807, 2.05) is 0 Å². The largest absolute Gasteiger partial charge is 0.495 e. The number of benzene rings is 1. The van der Waals surface area contributed by atoms with Gasteiger partial charge in [-0.05, 0) is 24.1 Å². The summed E-state index contributed by atoms with van der Waals surface area (Å²) in [6.45, 7) is 0.882. The van der Waals surface area contributed by atoms with Crippen molar-refractivity contribution in [3.05, 3.63) is 29.1 Å². The molecule has 1 saturated heterocycles. The van der Waals surface area contributed by atoms with Crippen molar-refractivity contribution in [3.63, 3.8) is 0 Å². The maximum Gasteiger partial charge on any atom is 0.407 e. The summed E-state index contributed by atoms with van der Waals surface area (Å²) in [4.78, 5) is 12.1. The Morgan fingerprint density at radius 1 is 1.62 bits per heavy atom. The molecule has 1 aromatic rings. The maximum atomic E-state index is 13.7. The summed E-state index contributed by atoms with van der Waals surface area (Å²) >= 11 is 0. The lowest BCUT2D eigenvalue weighted by Gasteiger charge is -2.14. The number of hydrogen-bond acceptors (Lipinski definition) is 4. The molecule has 0 saturated carbocycles. The van der Waals surface area contributed by atoms with Gasteiger partial charge in [-0.25, -0.2) is 9.18 Å². The van der Waals surface area contributed by atoms with Crippen LogP contribution in [0.15, 0.2) is 12.1 Å². The first kappa shape index (κ1) is 15.1. The Kier molecular flexibility index (Phi) is 4.60. The highest BCUT2D eigenvalue weighted by molar-refractivity contribution is 5.65. The molecule has 1 N–H and O–H groups in total. The van der Waals surface area contributed by atoms with Gasteiger partial charge in [0.2, 0.25) is 0 Å². The molecule has 1 aliphatic rings. The molecule has 1 aliphatic heterocycles. The topological polar surface area (TPSA) is 82.8 Å². The third-order valence-corrected chi connectivity index (χ3v) is 3.35. The zero-order valence-corrected chi connectivity index (χ0v) is 11.5. The minimum atomic E-state index is -0.966. The van der Waals surface area contributed by atoms with Gasteiger partial charge in [0.05, 0.1) is 26.4 Å². The molecule has 1 heterocycles. The van der Waals surface area contributed by atoms with Crippen molar-refractivity contribution < 1.29 is 23.8 Å². The van der Waals surface area contributed by atoms with Gasteiger partial charge in [-0.3, -0.25) is 0 Å². The highest BCUT2D eigenvalue weighted by Crippen LogP contribution is 2.24. The van der Waals surface area contributed by atoms with Gasteiger partial charge in [0.15, 0.2) is 0 Å². The van der Waals surface area contributed by atoms with Crippen molar-refractivity contribution in [3.8, 4) is 11.8 Å². The lowest BCUT2D eigenvalue weighted by molar-refractivity contribution is 0.0464. The van der Waals surface area contributed by atoms with Crippen LogP contribution in [-0.4, -0.2) is 42.4 Å². The SMILES string of the molecule is COc1cc(CO[C@@H]2CCN(C(=O)O)C2)cc(F)c1C#N. The van der Waals surface area contributed by atoms with Crippen LogP contribution in [0, 0.1) is 17.1 Å². The van der Waals surface area contributed by atoms with Gasteiger partial charge in [-0.2, -0.15) is 5.26 Å². The highest BCUT2D eigenvalue weighted by Gasteiger charge is 2.26. The van der Waals surface area contributed by atoms with E-state index in [0.29, 0.717) is 25.1 Å². The molecular weight excluding hydrogens is 279 g/mol. The fraction of sp³-hybridized carbons (Fsp3) is 0.429. The summed E-state index contributed by atoms with van der Waals surface area (Å²) in [6, 6.07) is 4.52. The van der Waals surface area contributed by atoms with Crippen LogP contribution in [0.5, 0.6) is 5.75 Å². The molecule has 0 unspecified atom stereocenters. The first-order valence-electron chi connectivity index (χ1n) is 6.41. The van der Waals surface area contributed by atoms with Crippen molar-refractivity contribution in [1.29, 1.82) is 5.26 Å². The highest BCUT2D eigenvalue weighted by atomic mass is 19.1. The zero-order chi connectivity index (χ0) is 15.4. The van der Waals surface area contributed by atoms with E-state index in [-0.39, 0.29) is 24.0 Å². The lowest BCUT2D eigenvalue weighted by atomic mass is 10.1. The molecule has 21 heavy (non-hydrogen) atoms. The summed E-state index contributed by atoms with van der Waals surface area (Å²) in [7, 11) is 1.36. The number of hydrogen-bond donors (Lipinski definition) is 1. The number of nitriles is 1. The number of carboxylic acid groups (broad SMARTS) is 1. The van der Waals surface area contributed by atoms with Crippen molar-refractivity contribution in [2.75, 3.05) is 20.2 Å². The van der Waals surface area contributed by atoms with E-state index in [1.165, 1.54) is 18.1 Å². The fourth-order valence-electron chi connectivity index (χ4n) is 2.24. The molecule has 1 aromatic carbocycles. The normalized spacial score (nSPS) is 17.6. The maximum absolute atomic E-state index is 13.7. The predicted octanol–water partition coefficient (Wildman–Crippen LogP) is 1.97. The summed E-state index contributed by atoms with van der Waals surface area (Å²) in [5.41, 5.74) is 0.399. The fourth-order valence-corrected chi connectivity index (χ4v) is 2.24. The Bertz CT molecular complexity index is 585. The number of carbonyl (C=O) groups is 1. The molecule has 1 atom stereocenters. The number of likely N-dealkylation sites (tertiary alicyclic amines) is 1. The molecule has 1 fully saturated rings. The average Bonchev–Trinajstić information content (AvgIpc) is 2.93. The van der Waals surface area contributed by atoms with Crippen LogP contribution in [0.25, 0.3) is 0 Å². The molecule has 2 rings (SSSR count). The van der Waals surface area contributed by atoms with Gasteiger partial charge >= 0.3 is 6.09 Å². The third-order valence-electron chi connectivity index (χ3n) is 3.35. The number of methoxy groups -OCH3 is 1. The zero-order valence-electron chi connectivity index (χ0n) is 11.5. The summed E-state index contributed by atoms with van der Waals surface area (Å²) < 4.78 is 24.3. The molecular formula is C14H15FN2O4. The van der Waals surface area contributed by atoms with Gasteiger partial charge in [0.25, 0.3) is 0 Å². The minimum absolute atomic E-state index is 0.136. The molecule has 112 valence electrons. The van der Waals surface area contributed by atoms with Crippen LogP contribution in [0.4, 0.5) is 9.18 Å². The van der Waals surface area contributed by atoms with Crippen molar-refractivity contribution in [2.24, 2.45) is 0 Å². The van der Waals surface area contributed by atoms with Crippen molar-refractivity contribution >= 4 is 6.09 Å². The van der Waals surface area contributed by atoms with E-state index in [1.54, 1.807) is 12.1 Å². The lowest BCUT2D eigenvalue weighted by Crippen LogP contribution is -2.28. The molecule has 0 radical (unpaired) electrons. The standard InChI is InChI=1S/C14H15FN2O4/c1-20-13-5-9(4-12(15)11(13)6-16)8-21-10-2-3-17(7-10)14(18)19/h4-5,10H,2-3,7-8H2,1H3,(H,18,19)/t10-/m1/s1. The number of ether oxygens (including phenoxy) is 2. The van der Waals surface area contributed by atoms with Crippen LogP contribution >= 0.6 is 0 Å². The van der Waals surface area contributed by atoms with E-state index in [2.05, 4.69) is 0 Å². The molecule has 0 aliphatic carbocycles. The molecule has 0 aromatic heterocycles. The van der Waals surface area contributed by atoms with Crippen LogP contribution in [-0.2, 0) is 11.3 Å². The second-order valence-electron chi connectivity index (χ2n) is 4.72. The smallest absolute Gasteiger partial charge is 0.407 e. The van der Waals surface area contributed by atoms with Gasteiger partial charge in [-0.15, -0.1) is 0 Å². The third kappa shape index (κ3) is 3.41. The van der Waals surface area contributed by atoms with Gasteiger partial charge < -0.3 is 19.5 Å². The first-order chi connectivity index (χ1) is 10.0. The molecule has 1 amide bonds.